The van der Waals surface area contributed by atoms with E-state index in [9.17, 15) is 4.79 Å². The molecule has 0 saturated carbocycles. The van der Waals surface area contributed by atoms with Gasteiger partial charge in [-0.05, 0) is 55.3 Å². The monoisotopic (exact) mass is 363 g/mol. The summed E-state index contributed by atoms with van der Waals surface area (Å²) in [7, 11) is 1.62. The first-order valence-electron chi connectivity index (χ1n) is 8.90. The largest absolute Gasteiger partial charge is 0.497 e. The van der Waals surface area contributed by atoms with E-state index in [1.54, 1.807) is 7.11 Å². The topological polar surface area (TPSA) is 68.5 Å². The molecule has 1 aliphatic rings. The number of amides is 1. The van der Waals surface area contributed by atoms with Crippen molar-refractivity contribution in [2.45, 2.75) is 26.2 Å². The van der Waals surface area contributed by atoms with Gasteiger partial charge in [-0.15, -0.1) is 0 Å². The van der Waals surface area contributed by atoms with Gasteiger partial charge in [-0.2, -0.15) is 4.98 Å². The lowest BCUT2D eigenvalue weighted by molar-refractivity contribution is -0.117. The van der Waals surface area contributed by atoms with Crippen LogP contribution in [0.2, 0.25) is 0 Å². The molecule has 27 heavy (non-hydrogen) atoms. The van der Waals surface area contributed by atoms with Crippen LogP contribution in [0.1, 0.15) is 29.3 Å². The van der Waals surface area contributed by atoms with Crippen LogP contribution in [0.25, 0.3) is 11.5 Å². The second-order valence-corrected chi connectivity index (χ2v) is 6.94. The maximum absolute atomic E-state index is 12.6. The zero-order chi connectivity index (χ0) is 19.0. The van der Waals surface area contributed by atoms with Crippen LogP contribution in [-0.2, 0) is 4.79 Å². The minimum absolute atomic E-state index is 0.0812. The van der Waals surface area contributed by atoms with Gasteiger partial charge in [-0.3, -0.25) is 4.79 Å². The third kappa shape index (κ3) is 3.43. The number of aryl methyl sites for hydroxylation is 2. The molecule has 1 aliphatic heterocycles. The standard InChI is InChI=1S/C21H21N3O3/c1-13-7-14(2)9-17(8-13)24-12-16(11-19(24)25)20-22-21(27-23-20)15-5-4-6-18(10-15)26-3/h4-10,16H,11-12H2,1-3H3. The summed E-state index contributed by atoms with van der Waals surface area (Å²) in [5, 5.41) is 4.12. The molecule has 1 aromatic heterocycles. The van der Waals surface area contributed by atoms with Gasteiger partial charge in [0.05, 0.1) is 7.11 Å². The van der Waals surface area contributed by atoms with Gasteiger partial charge in [0.15, 0.2) is 5.82 Å². The lowest BCUT2D eigenvalue weighted by Gasteiger charge is -2.17. The van der Waals surface area contributed by atoms with E-state index >= 15 is 0 Å². The summed E-state index contributed by atoms with van der Waals surface area (Å²) in [5.74, 6) is 1.72. The molecule has 2 aromatic carbocycles. The van der Waals surface area contributed by atoms with Crippen LogP contribution in [-0.4, -0.2) is 29.7 Å². The van der Waals surface area contributed by atoms with E-state index in [0.717, 1.165) is 28.1 Å². The third-order valence-electron chi connectivity index (χ3n) is 4.77. The number of benzene rings is 2. The van der Waals surface area contributed by atoms with Crippen LogP contribution in [0.3, 0.4) is 0 Å². The van der Waals surface area contributed by atoms with Crippen molar-refractivity contribution in [3.8, 4) is 17.2 Å². The molecule has 1 atom stereocenters. The van der Waals surface area contributed by atoms with Gasteiger partial charge in [-0.1, -0.05) is 17.3 Å². The highest BCUT2D eigenvalue weighted by Gasteiger charge is 2.34. The van der Waals surface area contributed by atoms with Crippen molar-refractivity contribution in [2.75, 3.05) is 18.6 Å². The lowest BCUT2D eigenvalue weighted by Crippen LogP contribution is -2.24. The summed E-state index contributed by atoms with van der Waals surface area (Å²) < 4.78 is 10.7. The smallest absolute Gasteiger partial charge is 0.258 e. The van der Waals surface area contributed by atoms with Gasteiger partial charge in [0.1, 0.15) is 5.75 Å². The van der Waals surface area contributed by atoms with Crippen molar-refractivity contribution in [3.63, 3.8) is 0 Å². The Labute approximate surface area is 157 Å². The summed E-state index contributed by atoms with van der Waals surface area (Å²) in [6, 6.07) is 13.6. The Kier molecular flexibility index (Phi) is 4.39. The Morgan fingerprint density at radius 2 is 1.93 bits per heavy atom. The zero-order valence-electron chi connectivity index (χ0n) is 15.6. The predicted molar refractivity (Wildman–Crippen MR) is 102 cm³/mol. The summed E-state index contributed by atoms with van der Waals surface area (Å²) in [5.41, 5.74) is 4.00. The number of anilines is 1. The Balaban J connectivity index is 1.57. The Bertz CT molecular complexity index is 976. The fourth-order valence-corrected chi connectivity index (χ4v) is 3.51. The molecule has 1 saturated heterocycles. The van der Waals surface area contributed by atoms with Crippen LogP contribution >= 0.6 is 0 Å². The first kappa shape index (κ1) is 17.3. The van der Waals surface area contributed by atoms with Crippen molar-refractivity contribution < 1.29 is 14.1 Å². The molecule has 0 bridgehead atoms. The van der Waals surface area contributed by atoms with Gasteiger partial charge in [0.2, 0.25) is 5.91 Å². The zero-order valence-corrected chi connectivity index (χ0v) is 15.6. The van der Waals surface area contributed by atoms with Crippen molar-refractivity contribution in [2.24, 2.45) is 0 Å². The number of methoxy groups -OCH3 is 1. The average Bonchev–Trinajstić information content (AvgIpc) is 3.28. The number of carbonyl (C=O) groups excluding carboxylic acids is 1. The molecular weight excluding hydrogens is 342 g/mol. The second-order valence-electron chi connectivity index (χ2n) is 6.94. The fourth-order valence-electron chi connectivity index (χ4n) is 3.51. The molecule has 0 radical (unpaired) electrons. The first-order valence-corrected chi connectivity index (χ1v) is 8.90. The maximum atomic E-state index is 12.6. The number of carbonyl (C=O) groups is 1. The van der Waals surface area contributed by atoms with Crippen LogP contribution in [0.15, 0.2) is 47.0 Å². The Hall–Kier alpha value is -3.15. The molecular formula is C21H21N3O3. The van der Waals surface area contributed by atoms with Crippen molar-refractivity contribution in [1.82, 2.24) is 10.1 Å². The van der Waals surface area contributed by atoms with Gasteiger partial charge >= 0.3 is 0 Å². The molecule has 138 valence electrons. The number of hydrogen-bond acceptors (Lipinski definition) is 5. The van der Waals surface area contributed by atoms with Gasteiger partial charge < -0.3 is 14.2 Å². The first-order chi connectivity index (χ1) is 13.0. The van der Waals surface area contributed by atoms with Crippen molar-refractivity contribution in [3.05, 3.63) is 59.4 Å². The number of aromatic nitrogens is 2. The van der Waals surface area contributed by atoms with Crippen LogP contribution in [0, 0.1) is 13.8 Å². The van der Waals surface area contributed by atoms with E-state index < -0.39 is 0 Å². The second kappa shape index (κ2) is 6.87. The van der Waals surface area contributed by atoms with E-state index in [-0.39, 0.29) is 11.8 Å². The Morgan fingerprint density at radius 3 is 2.67 bits per heavy atom. The minimum atomic E-state index is -0.0820. The highest BCUT2D eigenvalue weighted by atomic mass is 16.5. The summed E-state index contributed by atoms with van der Waals surface area (Å²) >= 11 is 0. The Morgan fingerprint density at radius 1 is 1.15 bits per heavy atom. The predicted octanol–water partition coefficient (Wildman–Crippen LogP) is 3.88. The molecule has 1 unspecified atom stereocenters. The molecule has 3 aromatic rings. The maximum Gasteiger partial charge on any atom is 0.258 e. The van der Waals surface area contributed by atoms with E-state index in [4.69, 9.17) is 9.26 Å². The van der Waals surface area contributed by atoms with E-state index in [2.05, 4.69) is 16.2 Å². The number of nitrogens with zero attached hydrogens (tertiary/aromatic N) is 3. The van der Waals surface area contributed by atoms with Crippen LogP contribution in [0.5, 0.6) is 5.75 Å². The van der Waals surface area contributed by atoms with Crippen LogP contribution in [0.4, 0.5) is 5.69 Å². The highest BCUT2D eigenvalue weighted by Crippen LogP contribution is 2.32. The van der Waals surface area contributed by atoms with Gasteiger partial charge in [0, 0.05) is 30.1 Å². The summed E-state index contributed by atoms with van der Waals surface area (Å²) in [4.78, 5) is 18.9. The highest BCUT2D eigenvalue weighted by molar-refractivity contribution is 5.96. The molecule has 6 nitrogen and oxygen atoms in total. The average molecular weight is 363 g/mol. The number of ether oxygens (including phenoxy) is 1. The van der Waals surface area contributed by atoms with E-state index in [1.807, 2.05) is 55.1 Å². The molecule has 4 rings (SSSR count). The number of hydrogen-bond donors (Lipinski definition) is 0. The summed E-state index contributed by atoms with van der Waals surface area (Å²) in [6.07, 6.45) is 0.379. The molecule has 6 heteroatoms. The van der Waals surface area contributed by atoms with Crippen molar-refractivity contribution >= 4 is 11.6 Å². The van der Waals surface area contributed by atoms with Crippen LogP contribution < -0.4 is 9.64 Å². The fraction of sp³-hybridized carbons (Fsp3) is 0.286. The molecule has 0 aliphatic carbocycles. The third-order valence-corrected chi connectivity index (χ3v) is 4.77. The van der Waals surface area contributed by atoms with Crippen molar-refractivity contribution in [1.29, 1.82) is 0 Å². The molecule has 2 heterocycles. The van der Waals surface area contributed by atoms with E-state index in [1.165, 1.54) is 0 Å². The lowest BCUT2D eigenvalue weighted by atomic mass is 10.1. The normalized spacial score (nSPS) is 16.8. The SMILES string of the molecule is COc1cccc(-c2nc(C3CC(=O)N(c4cc(C)cc(C)c4)C3)no2)c1. The van der Waals surface area contributed by atoms with Gasteiger partial charge in [0.25, 0.3) is 5.89 Å². The van der Waals surface area contributed by atoms with Gasteiger partial charge in [-0.25, -0.2) is 0 Å². The molecule has 1 amide bonds. The summed E-state index contributed by atoms with van der Waals surface area (Å²) in [6.45, 7) is 4.63. The van der Waals surface area contributed by atoms with E-state index in [0.29, 0.717) is 24.7 Å². The molecule has 0 N–H and O–H groups in total. The molecule has 1 fully saturated rings. The number of rotatable bonds is 4. The molecule has 0 spiro atoms. The quantitative estimate of drug-likeness (QED) is 0.703. The minimum Gasteiger partial charge on any atom is -0.497 e.